The molecule has 4 nitrogen and oxygen atoms in total. The average molecular weight is 247 g/mol. The summed E-state index contributed by atoms with van der Waals surface area (Å²) < 4.78 is 0. The van der Waals surface area contributed by atoms with E-state index in [2.05, 4.69) is 11.9 Å². The van der Waals surface area contributed by atoms with Crippen molar-refractivity contribution < 1.29 is 4.79 Å². The van der Waals surface area contributed by atoms with E-state index in [4.69, 9.17) is 5.73 Å². The van der Waals surface area contributed by atoms with Gasteiger partial charge in [-0.3, -0.25) is 4.79 Å². The zero-order chi connectivity index (χ0) is 13.0. The molecule has 4 heteroatoms. The Kier molecular flexibility index (Phi) is 4.33. The van der Waals surface area contributed by atoms with Gasteiger partial charge in [0.2, 0.25) is 5.91 Å². The number of amides is 1. The largest absolute Gasteiger partial charge is 0.340 e. The van der Waals surface area contributed by atoms with E-state index >= 15 is 0 Å². The Bertz CT molecular complexity index is 393. The van der Waals surface area contributed by atoms with Crippen LogP contribution in [0, 0.1) is 0 Å². The highest BCUT2D eigenvalue weighted by molar-refractivity contribution is 5.83. The molecule has 0 aliphatic carbocycles. The first-order valence-corrected chi connectivity index (χ1v) is 6.46. The van der Waals surface area contributed by atoms with Crippen LogP contribution in [0.3, 0.4) is 0 Å². The van der Waals surface area contributed by atoms with Crippen molar-refractivity contribution in [2.75, 3.05) is 33.2 Å². The summed E-state index contributed by atoms with van der Waals surface area (Å²) in [5.41, 5.74) is 6.94. The molecule has 1 aromatic rings. The van der Waals surface area contributed by atoms with E-state index in [0.29, 0.717) is 0 Å². The van der Waals surface area contributed by atoms with Crippen LogP contribution in [0.15, 0.2) is 30.3 Å². The maximum Gasteiger partial charge on any atom is 0.244 e. The van der Waals surface area contributed by atoms with Gasteiger partial charge in [0, 0.05) is 19.6 Å². The van der Waals surface area contributed by atoms with Crippen molar-refractivity contribution in [2.24, 2.45) is 5.73 Å². The lowest BCUT2D eigenvalue weighted by molar-refractivity contribution is -0.132. The third-order valence-electron chi connectivity index (χ3n) is 3.46. The van der Waals surface area contributed by atoms with Gasteiger partial charge in [-0.1, -0.05) is 30.3 Å². The summed E-state index contributed by atoms with van der Waals surface area (Å²) in [6.45, 7) is 3.55. The summed E-state index contributed by atoms with van der Waals surface area (Å²) in [5, 5.41) is 0. The minimum Gasteiger partial charge on any atom is -0.340 e. The molecular formula is C14H21N3O. The second-order valence-electron chi connectivity index (χ2n) is 4.87. The van der Waals surface area contributed by atoms with E-state index in [1.807, 2.05) is 35.2 Å². The average Bonchev–Trinajstić information content (AvgIpc) is 2.63. The zero-order valence-corrected chi connectivity index (χ0v) is 10.9. The Hall–Kier alpha value is -1.39. The summed E-state index contributed by atoms with van der Waals surface area (Å²) in [5.74, 6) is 0.0384. The number of nitrogens with zero attached hydrogens (tertiary/aromatic N) is 2. The summed E-state index contributed by atoms with van der Waals surface area (Å²) in [6.07, 6.45) is 1.02. The Morgan fingerprint density at radius 1 is 1.17 bits per heavy atom. The van der Waals surface area contributed by atoms with E-state index in [9.17, 15) is 4.79 Å². The first-order chi connectivity index (χ1) is 8.68. The van der Waals surface area contributed by atoms with Crippen LogP contribution in [-0.2, 0) is 4.79 Å². The van der Waals surface area contributed by atoms with Crippen LogP contribution < -0.4 is 5.73 Å². The van der Waals surface area contributed by atoms with Gasteiger partial charge in [0.15, 0.2) is 0 Å². The molecule has 1 aliphatic rings. The van der Waals surface area contributed by atoms with Crippen LogP contribution in [0.25, 0.3) is 0 Å². The number of hydrogen-bond donors (Lipinski definition) is 1. The molecule has 0 aromatic heterocycles. The van der Waals surface area contributed by atoms with E-state index in [1.54, 1.807) is 0 Å². The fourth-order valence-corrected chi connectivity index (χ4v) is 2.27. The Morgan fingerprint density at radius 2 is 1.89 bits per heavy atom. The molecule has 1 aliphatic heterocycles. The van der Waals surface area contributed by atoms with Crippen molar-refractivity contribution in [1.29, 1.82) is 0 Å². The topological polar surface area (TPSA) is 49.6 Å². The Labute approximate surface area is 108 Å². The fraction of sp³-hybridized carbons (Fsp3) is 0.500. The van der Waals surface area contributed by atoms with Crippen LogP contribution in [0.5, 0.6) is 0 Å². The molecule has 98 valence electrons. The number of carbonyl (C=O) groups is 1. The highest BCUT2D eigenvalue weighted by Crippen LogP contribution is 2.14. The molecule has 0 bridgehead atoms. The number of hydrogen-bond acceptors (Lipinski definition) is 3. The van der Waals surface area contributed by atoms with E-state index < -0.39 is 6.04 Å². The van der Waals surface area contributed by atoms with Crippen molar-refractivity contribution in [3.05, 3.63) is 35.9 Å². The Balaban J connectivity index is 2.02. The lowest BCUT2D eigenvalue weighted by Gasteiger charge is -2.24. The molecule has 1 aromatic carbocycles. The monoisotopic (exact) mass is 247 g/mol. The third kappa shape index (κ3) is 3.09. The standard InChI is InChI=1S/C14H21N3O/c1-16-8-5-9-17(11-10-16)14(18)13(15)12-6-3-2-4-7-12/h2-4,6-7,13H,5,8-11,15H2,1H3/t13-/m0/s1. The van der Waals surface area contributed by atoms with Crippen LogP contribution in [0.1, 0.15) is 18.0 Å². The minimum atomic E-state index is -0.533. The summed E-state index contributed by atoms with van der Waals surface area (Å²) >= 11 is 0. The first-order valence-electron chi connectivity index (χ1n) is 6.46. The van der Waals surface area contributed by atoms with Crippen molar-refractivity contribution in [3.8, 4) is 0 Å². The number of rotatable bonds is 2. The normalized spacial score (nSPS) is 19.3. The van der Waals surface area contributed by atoms with E-state index in [1.165, 1.54) is 0 Å². The lowest BCUT2D eigenvalue weighted by atomic mass is 10.1. The van der Waals surface area contributed by atoms with Crippen molar-refractivity contribution >= 4 is 5.91 Å². The molecule has 0 spiro atoms. The first kappa shape index (κ1) is 13.1. The fourth-order valence-electron chi connectivity index (χ4n) is 2.27. The quantitative estimate of drug-likeness (QED) is 0.843. The van der Waals surface area contributed by atoms with E-state index in [-0.39, 0.29) is 5.91 Å². The maximum atomic E-state index is 12.3. The summed E-state index contributed by atoms with van der Waals surface area (Å²) in [7, 11) is 2.09. The highest BCUT2D eigenvalue weighted by Gasteiger charge is 2.23. The summed E-state index contributed by atoms with van der Waals surface area (Å²) in [6, 6.07) is 9.05. The minimum absolute atomic E-state index is 0.0384. The smallest absolute Gasteiger partial charge is 0.244 e. The van der Waals surface area contributed by atoms with Crippen LogP contribution in [0.2, 0.25) is 0 Å². The molecule has 2 N–H and O–H groups in total. The van der Waals surface area contributed by atoms with Crippen LogP contribution in [-0.4, -0.2) is 48.9 Å². The second-order valence-corrected chi connectivity index (χ2v) is 4.87. The Morgan fingerprint density at radius 3 is 2.61 bits per heavy atom. The van der Waals surface area contributed by atoms with Gasteiger partial charge in [-0.15, -0.1) is 0 Å². The van der Waals surface area contributed by atoms with E-state index in [0.717, 1.165) is 38.2 Å². The van der Waals surface area contributed by atoms with Gasteiger partial charge in [-0.2, -0.15) is 0 Å². The van der Waals surface area contributed by atoms with Crippen molar-refractivity contribution in [1.82, 2.24) is 9.80 Å². The van der Waals surface area contributed by atoms with Gasteiger partial charge >= 0.3 is 0 Å². The molecule has 1 amide bonds. The van der Waals surface area contributed by atoms with Gasteiger partial charge in [0.25, 0.3) is 0 Å². The maximum absolute atomic E-state index is 12.3. The molecule has 0 saturated carbocycles. The highest BCUT2D eigenvalue weighted by atomic mass is 16.2. The molecular weight excluding hydrogens is 226 g/mol. The molecule has 0 radical (unpaired) electrons. The molecule has 1 atom stereocenters. The molecule has 2 rings (SSSR count). The van der Waals surface area contributed by atoms with Gasteiger partial charge in [0.05, 0.1) is 0 Å². The van der Waals surface area contributed by atoms with Crippen LogP contribution in [0.4, 0.5) is 0 Å². The lowest BCUT2D eigenvalue weighted by Crippen LogP contribution is -2.40. The third-order valence-corrected chi connectivity index (χ3v) is 3.46. The number of nitrogens with two attached hydrogens (primary N) is 1. The zero-order valence-electron chi connectivity index (χ0n) is 10.9. The molecule has 0 unspecified atom stereocenters. The summed E-state index contributed by atoms with van der Waals surface area (Å²) in [4.78, 5) is 16.5. The number of likely N-dealkylation sites (N-methyl/N-ethyl adjacent to an activating group) is 1. The SMILES string of the molecule is CN1CCCN(C(=O)[C@@H](N)c2ccccc2)CC1. The molecule has 1 fully saturated rings. The van der Waals surface area contributed by atoms with Gasteiger partial charge in [0.1, 0.15) is 6.04 Å². The number of carbonyl (C=O) groups excluding carboxylic acids is 1. The molecule has 1 saturated heterocycles. The van der Waals surface area contributed by atoms with Crippen molar-refractivity contribution in [3.63, 3.8) is 0 Å². The van der Waals surface area contributed by atoms with Gasteiger partial charge < -0.3 is 15.5 Å². The predicted octanol–water partition coefficient (Wildman–Crippen LogP) is 0.850. The second kappa shape index (κ2) is 5.98. The predicted molar refractivity (Wildman–Crippen MR) is 72.1 cm³/mol. The van der Waals surface area contributed by atoms with Gasteiger partial charge in [-0.25, -0.2) is 0 Å². The van der Waals surface area contributed by atoms with Crippen LogP contribution >= 0.6 is 0 Å². The van der Waals surface area contributed by atoms with Crippen molar-refractivity contribution in [2.45, 2.75) is 12.5 Å². The number of benzene rings is 1. The van der Waals surface area contributed by atoms with Gasteiger partial charge in [-0.05, 0) is 25.6 Å². The molecule has 1 heterocycles. The molecule has 18 heavy (non-hydrogen) atoms.